The average molecular weight is 462 g/mol. The van der Waals surface area contributed by atoms with Crippen molar-refractivity contribution in [1.29, 1.82) is 0 Å². The van der Waals surface area contributed by atoms with E-state index in [-0.39, 0.29) is 17.5 Å². The van der Waals surface area contributed by atoms with E-state index in [0.717, 1.165) is 12.0 Å². The predicted molar refractivity (Wildman–Crippen MR) is 130 cm³/mol. The summed E-state index contributed by atoms with van der Waals surface area (Å²) in [7, 11) is 0. The van der Waals surface area contributed by atoms with Crippen LogP contribution < -0.4 is 21.7 Å². The molecule has 4 rings (SSSR count). The Labute approximate surface area is 197 Å². The Morgan fingerprint density at radius 2 is 1.91 bits per heavy atom. The number of aromatic nitrogens is 2. The topological polar surface area (TPSA) is 146 Å². The summed E-state index contributed by atoms with van der Waals surface area (Å²) in [5, 5.41) is 18.9. The zero-order valence-electron chi connectivity index (χ0n) is 18.6. The summed E-state index contributed by atoms with van der Waals surface area (Å²) in [5.41, 5.74) is 7.93. The second-order valence-electron chi connectivity index (χ2n) is 8.04. The van der Waals surface area contributed by atoms with Gasteiger partial charge >= 0.3 is 6.03 Å². The number of rotatable bonds is 7. The first-order valence-electron chi connectivity index (χ1n) is 11.0. The largest absolute Gasteiger partial charge is 0.391 e. The van der Waals surface area contributed by atoms with Crippen LogP contribution in [-0.2, 0) is 6.54 Å². The van der Waals surface area contributed by atoms with Gasteiger partial charge in [0.25, 0.3) is 5.91 Å². The minimum absolute atomic E-state index is 0.186. The molecule has 10 nitrogen and oxygen atoms in total. The van der Waals surface area contributed by atoms with Crippen molar-refractivity contribution in [2.24, 2.45) is 5.73 Å². The number of β-amino-alcohol motifs (C(OH)–C–C–N with tert-alkyl or cyclic N) is 1. The van der Waals surface area contributed by atoms with Crippen LogP contribution >= 0.6 is 0 Å². The van der Waals surface area contributed by atoms with Gasteiger partial charge in [0.2, 0.25) is 5.95 Å². The Hall–Kier alpha value is -4.18. The van der Waals surface area contributed by atoms with Crippen LogP contribution in [0.2, 0.25) is 0 Å². The highest BCUT2D eigenvalue weighted by atomic mass is 16.3. The first-order chi connectivity index (χ1) is 16.5. The molecule has 0 aliphatic carbocycles. The van der Waals surface area contributed by atoms with Gasteiger partial charge in [0.05, 0.1) is 11.7 Å². The molecule has 0 bridgehead atoms. The molecule has 0 radical (unpaired) electrons. The quantitative estimate of drug-likeness (QED) is 0.364. The van der Waals surface area contributed by atoms with Gasteiger partial charge in [-0.05, 0) is 36.6 Å². The summed E-state index contributed by atoms with van der Waals surface area (Å²) >= 11 is 0. The number of nitrogens with zero attached hydrogens (tertiary/aromatic N) is 3. The van der Waals surface area contributed by atoms with Crippen molar-refractivity contribution in [3.8, 4) is 0 Å². The molecule has 0 saturated carbocycles. The number of urea groups is 1. The zero-order chi connectivity index (χ0) is 23.9. The van der Waals surface area contributed by atoms with E-state index in [1.807, 2.05) is 36.4 Å². The average Bonchev–Trinajstić information content (AvgIpc) is 2.83. The third kappa shape index (κ3) is 5.99. The van der Waals surface area contributed by atoms with Crippen molar-refractivity contribution in [1.82, 2.24) is 14.9 Å². The molecule has 10 heteroatoms. The number of carbonyl (C=O) groups excluding carboxylic acids is 2. The molecule has 2 heterocycles. The Morgan fingerprint density at radius 1 is 1.12 bits per heavy atom. The minimum Gasteiger partial charge on any atom is -0.391 e. The van der Waals surface area contributed by atoms with E-state index in [4.69, 9.17) is 5.73 Å². The SMILES string of the molecule is NC(=O)c1cnc(Nc2cccc(NC(=O)N3CCC[C@@H](O)C3)c2)nc1NCc1ccccc1. The standard InChI is InChI=1S/C24H27N7O3/c25-21(33)20-14-27-23(30-22(20)26-13-16-6-2-1-3-7-16)28-17-8-4-9-18(12-17)29-24(34)31-11-5-10-19(32)15-31/h1-4,6-9,12,14,19,32H,5,10-11,13,15H2,(H2,25,33)(H,29,34)(H2,26,27,28,30)/t19-/m1/s1. The fraction of sp³-hybridized carbons (Fsp3) is 0.250. The van der Waals surface area contributed by atoms with Crippen molar-refractivity contribution in [2.75, 3.05) is 29.0 Å². The fourth-order valence-corrected chi connectivity index (χ4v) is 3.68. The van der Waals surface area contributed by atoms with Gasteiger partial charge in [0, 0.05) is 37.2 Å². The van der Waals surface area contributed by atoms with E-state index in [2.05, 4.69) is 25.9 Å². The van der Waals surface area contributed by atoms with E-state index < -0.39 is 12.0 Å². The molecule has 1 aliphatic heterocycles. The monoisotopic (exact) mass is 461 g/mol. The van der Waals surface area contributed by atoms with Crippen molar-refractivity contribution < 1.29 is 14.7 Å². The molecule has 34 heavy (non-hydrogen) atoms. The highest BCUT2D eigenvalue weighted by Gasteiger charge is 2.22. The minimum atomic E-state index is -0.630. The lowest BCUT2D eigenvalue weighted by Gasteiger charge is -2.30. The molecule has 0 spiro atoms. The number of primary amides is 1. The second kappa shape index (κ2) is 10.6. The van der Waals surface area contributed by atoms with Crippen molar-refractivity contribution in [3.63, 3.8) is 0 Å². The number of aliphatic hydroxyl groups excluding tert-OH is 1. The molecule has 1 atom stereocenters. The zero-order valence-corrected chi connectivity index (χ0v) is 18.6. The van der Waals surface area contributed by atoms with Gasteiger partial charge in [-0.25, -0.2) is 9.78 Å². The Balaban J connectivity index is 1.45. The summed E-state index contributed by atoms with van der Waals surface area (Å²) in [6.45, 7) is 1.40. The lowest BCUT2D eigenvalue weighted by Crippen LogP contribution is -2.44. The Kier molecular flexibility index (Phi) is 7.19. The van der Waals surface area contributed by atoms with Gasteiger partial charge in [-0.2, -0.15) is 4.98 Å². The van der Waals surface area contributed by atoms with Gasteiger partial charge in [0.15, 0.2) is 0 Å². The van der Waals surface area contributed by atoms with E-state index in [1.54, 1.807) is 23.1 Å². The molecule has 1 saturated heterocycles. The molecule has 176 valence electrons. The van der Waals surface area contributed by atoms with Crippen LogP contribution in [-0.4, -0.2) is 51.1 Å². The molecule has 3 amide bonds. The predicted octanol–water partition coefficient (Wildman–Crippen LogP) is 2.92. The highest BCUT2D eigenvalue weighted by molar-refractivity contribution is 5.97. The van der Waals surface area contributed by atoms with Crippen molar-refractivity contribution in [3.05, 3.63) is 71.9 Å². The van der Waals surface area contributed by atoms with Gasteiger partial charge in [-0.3, -0.25) is 4.79 Å². The van der Waals surface area contributed by atoms with Gasteiger partial charge < -0.3 is 31.7 Å². The summed E-state index contributed by atoms with van der Waals surface area (Å²) in [4.78, 5) is 34.6. The maximum atomic E-state index is 12.5. The summed E-state index contributed by atoms with van der Waals surface area (Å²) in [5.74, 6) is -0.0418. The number of benzene rings is 2. The number of likely N-dealkylation sites (tertiary alicyclic amines) is 1. The molecule has 0 unspecified atom stereocenters. The Bertz CT molecular complexity index is 1160. The van der Waals surface area contributed by atoms with E-state index in [9.17, 15) is 14.7 Å². The third-order valence-electron chi connectivity index (χ3n) is 5.41. The number of hydrogen-bond acceptors (Lipinski definition) is 7. The number of carbonyl (C=O) groups is 2. The number of hydrogen-bond donors (Lipinski definition) is 5. The number of piperidine rings is 1. The molecular weight excluding hydrogens is 434 g/mol. The van der Waals surface area contributed by atoms with Crippen LogP contribution in [0.3, 0.4) is 0 Å². The number of aliphatic hydroxyl groups is 1. The van der Waals surface area contributed by atoms with Crippen molar-refractivity contribution in [2.45, 2.75) is 25.5 Å². The second-order valence-corrected chi connectivity index (χ2v) is 8.04. The van der Waals surface area contributed by atoms with E-state index >= 15 is 0 Å². The van der Waals surface area contributed by atoms with Crippen LogP contribution in [0.5, 0.6) is 0 Å². The number of nitrogens with two attached hydrogens (primary N) is 1. The lowest BCUT2D eigenvalue weighted by atomic mass is 10.1. The molecule has 6 N–H and O–H groups in total. The fourth-order valence-electron chi connectivity index (χ4n) is 3.68. The Morgan fingerprint density at radius 3 is 2.68 bits per heavy atom. The summed E-state index contributed by atoms with van der Waals surface area (Å²) in [6.07, 6.45) is 2.37. The van der Waals surface area contributed by atoms with Gasteiger partial charge in [0.1, 0.15) is 5.82 Å². The smallest absolute Gasteiger partial charge is 0.321 e. The van der Waals surface area contributed by atoms with Crippen LogP contribution in [0.25, 0.3) is 0 Å². The highest BCUT2D eigenvalue weighted by Crippen LogP contribution is 2.21. The van der Waals surface area contributed by atoms with Gasteiger partial charge in [-0.15, -0.1) is 0 Å². The summed E-state index contributed by atoms with van der Waals surface area (Å²) in [6, 6.07) is 16.6. The molecule has 3 aromatic rings. The molecule has 2 aromatic carbocycles. The van der Waals surface area contributed by atoms with Crippen LogP contribution in [0.4, 0.5) is 27.9 Å². The molecule has 1 aliphatic rings. The number of anilines is 4. The van der Waals surface area contributed by atoms with Crippen LogP contribution in [0.1, 0.15) is 28.8 Å². The first kappa shape index (κ1) is 23.0. The molecule has 1 fully saturated rings. The molecule has 1 aromatic heterocycles. The normalized spacial score (nSPS) is 15.4. The maximum Gasteiger partial charge on any atom is 0.321 e. The van der Waals surface area contributed by atoms with E-state index in [1.165, 1.54) is 6.20 Å². The van der Waals surface area contributed by atoms with Crippen LogP contribution in [0, 0.1) is 0 Å². The van der Waals surface area contributed by atoms with E-state index in [0.29, 0.717) is 43.2 Å². The van der Waals surface area contributed by atoms with Crippen LogP contribution in [0.15, 0.2) is 60.8 Å². The molecular formula is C24H27N7O3. The van der Waals surface area contributed by atoms with Gasteiger partial charge in [-0.1, -0.05) is 36.4 Å². The third-order valence-corrected chi connectivity index (χ3v) is 5.41. The maximum absolute atomic E-state index is 12.5. The lowest BCUT2D eigenvalue weighted by molar-refractivity contribution is 0.0883. The summed E-state index contributed by atoms with van der Waals surface area (Å²) < 4.78 is 0. The van der Waals surface area contributed by atoms with Crippen molar-refractivity contribution >= 4 is 35.1 Å². The number of amides is 3. The number of nitrogens with one attached hydrogen (secondary N) is 3. The first-order valence-corrected chi connectivity index (χ1v) is 11.0.